The summed E-state index contributed by atoms with van der Waals surface area (Å²) in [5.41, 5.74) is 2.69. The van der Waals surface area contributed by atoms with Gasteiger partial charge in [-0.2, -0.15) is 0 Å². The number of carbonyl (C=O) groups is 3. The molecule has 0 saturated carbocycles. The zero-order valence-electron chi connectivity index (χ0n) is 15.6. The van der Waals surface area contributed by atoms with Crippen molar-refractivity contribution in [3.63, 3.8) is 0 Å². The monoisotopic (exact) mass is 398 g/mol. The average Bonchev–Trinajstić information content (AvgIpc) is 2.67. The fraction of sp³-hybridized carbons (Fsp3) is 0.286. The molecule has 0 aliphatic carbocycles. The summed E-state index contributed by atoms with van der Waals surface area (Å²) in [5, 5.41) is 12.2. The van der Waals surface area contributed by atoms with Crippen LogP contribution in [-0.2, 0) is 20.8 Å². The lowest BCUT2D eigenvalue weighted by molar-refractivity contribution is -0.141. The molecule has 1 aliphatic heterocycles. The molecule has 3 rings (SSSR count). The summed E-state index contributed by atoms with van der Waals surface area (Å²) in [4.78, 5) is 38.6. The van der Waals surface area contributed by atoms with Gasteiger partial charge < -0.3 is 15.3 Å². The molecule has 2 aromatic rings. The predicted molar refractivity (Wildman–Crippen MR) is 109 cm³/mol. The summed E-state index contributed by atoms with van der Waals surface area (Å²) < 4.78 is 0. The van der Waals surface area contributed by atoms with E-state index in [1.165, 1.54) is 16.7 Å². The second-order valence-electron chi connectivity index (χ2n) is 6.77. The molecule has 1 heterocycles. The highest BCUT2D eigenvalue weighted by atomic mass is 32.2. The Morgan fingerprint density at radius 1 is 1.21 bits per heavy atom. The number of carbonyl (C=O) groups excluding carboxylic acids is 2. The van der Waals surface area contributed by atoms with Gasteiger partial charge in [0.1, 0.15) is 6.54 Å². The van der Waals surface area contributed by atoms with Crippen molar-refractivity contribution in [2.45, 2.75) is 18.2 Å². The highest BCUT2D eigenvalue weighted by Crippen LogP contribution is 2.34. The van der Waals surface area contributed by atoms with Crippen molar-refractivity contribution in [1.82, 2.24) is 5.32 Å². The Bertz CT molecular complexity index is 899. The summed E-state index contributed by atoms with van der Waals surface area (Å²) in [6.07, 6.45) is 0.333. The number of hydrogen-bond donors (Lipinski definition) is 2. The van der Waals surface area contributed by atoms with Gasteiger partial charge in [-0.05, 0) is 31.0 Å². The first-order valence-electron chi connectivity index (χ1n) is 9.01. The SMILES string of the molecule is Cc1cccc(CC(CNC(=O)CN2C(=O)CSc3ccccc32)C(=O)O)c1. The van der Waals surface area contributed by atoms with Crippen molar-refractivity contribution in [2.75, 3.05) is 23.7 Å². The van der Waals surface area contributed by atoms with E-state index in [-0.39, 0.29) is 30.7 Å². The molecule has 1 unspecified atom stereocenters. The largest absolute Gasteiger partial charge is 0.481 e. The van der Waals surface area contributed by atoms with Crippen LogP contribution in [0.4, 0.5) is 5.69 Å². The van der Waals surface area contributed by atoms with E-state index in [0.29, 0.717) is 12.1 Å². The van der Waals surface area contributed by atoms with Gasteiger partial charge in [0.2, 0.25) is 11.8 Å². The molecular formula is C21H22N2O4S. The molecule has 0 saturated heterocycles. The highest BCUT2D eigenvalue weighted by molar-refractivity contribution is 8.00. The molecule has 0 spiro atoms. The van der Waals surface area contributed by atoms with Gasteiger partial charge in [-0.1, -0.05) is 42.0 Å². The summed E-state index contributed by atoms with van der Waals surface area (Å²) in [7, 11) is 0. The molecule has 28 heavy (non-hydrogen) atoms. The zero-order chi connectivity index (χ0) is 20.1. The van der Waals surface area contributed by atoms with Crippen LogP contribution in [0.5, 0.6) is 0 Å². The van der Waals surface area contributed by atoms with Crippen molar-refractivity contribution in [3.8, 4) is 0 Å². The molecule has 1 atom stereocenters. The van der Waals surface area contributed by atoms with Crippen molar-refractivity contribution in [2.24, 2.45) is 5.92 Å². The van der Waals surface area contributed by atoms with Crippen LogP contribution < -0.4 is 10.2 Å². The van der Waals surface area contributed by atoms with E-state index in [9.17, 15) is 19.5 Å². The summed E-state index contributed by atoms with van der Waals surface area (Å²) >= 11 is 1.45. The van der Waals surface area contributed by atoms with Crippen molar-refractivity contribution in [3.05, 3.63) is 59.7 Å². The topological polar surface area (TPSA) is 86.7 Å². The third kappa shape index (κ3) is 4.92. The number of anilines is 1. The number of fused-ring (bicyclic) bond motifs is 1. The van der Waals surface area contributed by atoms with Gasteiger partial charge in [-0.3, -0.25) is 14.4 Å². The lowest BCUT2D eigenvalue weighted by Gasteiger charge is -2.28. The van der Waals surface area contributed by atoms with Crippen LogP contribution in [0.3, 0.4) is 0 Å². The summed E-state index contributed by atoms with van der Waals surface area (Å²) in [5.74, 6) is -1.91. The molecule has 2 N–H and O–H groups in total. The second kappa shape index (κ2) is 8.93. The Kier molecular flexibility index (Phi) is 6.36. The maximum atomic E-state index is 12.4. The first-order valence-corrected chi connectivity index (χ1v) is 10.00. The number of amides is 2. The van der Waals surface area contributed by atoms with E-state index in [4.69, 9.17) is 0 Å². The molecule has 6 nitrogen and oxygen atoms in total. The maximum absolute atomic E-state index is 12.4. The number of benzene rings is 2. The van der Waals surface area contributed by atoms with Gasteiger partial charge in [0.15, 0.2) is 0 Å². The Labute approximate surface area is 167 Å². The number of nitrogens with zero attached hydrogens (tertiary/aromatic N) is 1. The minimum absolute atomic E-state index is 0.0144. The van der Waals surface area contributed by atoms with E-state index in [1.54, 1.807) is 0 Å². The number of aliphatic carboxylic acids is 1. The summed E-state index contributed by atoms with van der Waals surface area (Å²) in [6, 6.07) is 15.1. The third-order valence-corrected chi connectivity index (χ3v) is 5.62. The Morgan fingerprint density at radius 2 is 2.00 bits per heavy atom. The predicted octanol–water partition coefficient (Wildman–Crippen LogP) is 2.49. The standard InChI is InChI=1S/C21H22N2O4S/c1-14-5-4-6-15(9-14)10-16(21(26)27)11-22-19(24)12-23-17-7-2-3-8-18(17)28-13-20(23)25/h2-9,16H,10-13H2,1H3,(H,22,24)(H,26,27). The molecule has 0 aromatic heterocycles. The van der Waals surface area contributed by atoms with Crippen molar-refractivity contribution < 1.29 is 19.5 Å². The van der Waals surface area contributed by atoms with Crippen LogP contribution in [0.25, 0.3) is 0 Å². The lowest BCUT2D eigenvalue weighted by atomic mass is 9.98. The minimum atomic E-state index is -0.961. The highest BCUT2D eigenvalue weighted by Gasteiger charge is 2.27. The fourth-order valence-corrected chi connectivity index (χ4v) is 4.07. The summed E-state index contributed by atoms with van der Waals surface area (Å²) in [6.45, 7) is 1.85. The van der Waals surface area contributed by atoms with Gasteiger partial charge in [0, 0.05) is 11.4 Å². The number of thioether (sulfide) groups is 1. The normalized spacial score (nSPS) is 14.3. The molecule has 146 valence electrons. The molecule has 0 fully saturated rings. The smallest absolute Gasteiger partial charge is 0.308 e. The van der Waals surface area contributed by atoms with Crippen LogP contribution >= 0.6 is 11.8 Å². The molecule has 0 radical (unpaired) electrons. The van der Waals surface area contributed by atoms with Crippen LogP contribution in [0.15, 0.2) is 53.4 Å². The number of carboxylic acid groups (broad SMARTS) is 1. The van der Waals surface area contributed by atoms with Crippen molar-refractivity contribution in [1.29, 1.82) is 0 Å². The van der Waals surface area contributed by atoms with E-state index >= 15 is 0 Å². The molecule has 1 aliphatic rings. The van der Waals surface area contributed by atoms with Gasteiger partial charge in [0.05, 0.1) is 17.4 Å². The number of aryl methyl sites for hydroxylation is 1. The van der Waals surface area contributed by atoms with Crippen LogP contribution in [0.1, 0.15) is 11.1 Å². The molecule has 7 heteroatoms. The Balaban J connectivity index is 1.61. The quantitative estimate of drug-likeness (QED) is 0.748. The van der Waals surface area contributed by atoms with Gasteiger partial charge in [-0.15, -0.1) is 11.8 Å². The zero-order valence-corrected chi connectivity index (χ0v) is 16.4. The van der Waals surface area contributed by atoms with Gasteiger partial charge in [0.25, 0.3) is 0 Å². The molecule has 2 amide bonds. The van der Waals surface area contributed by atoms with Crippen LogP contribution in [0.2, 0.25) is 0 Å². The van der Waals surface area contributed by atoms with E-state index in [2.05, 4.69) is 5.32 Å². The van der Waals surface area contributed by atoms with Crippen LogP contribution in [0, 0.1) is 12.8 Å². The Hall–Kier alpha value is -2.80. The van der Waals surface area contributed by atoms with E-state index in [0.717, 1.165) is 16.0 Å². The van der Waals surface area contributed by atoms with Gasteiger partial charge in [-0.25, -0.2) is 0 Å². The maximum Gasteiger partial charge on any atom is 0.308 e. The molecule has 0 bridgehead atoms. The number of hydrogen-bond acceptors (Lipinski definition) is 4. The third-order valence-electron chi connectivity index (χ3n) is 4.57. The number of para-hydroxylation sites is 1. The van der Waals surface area contributed by atoms with Crippen LogP contribution in [-0.4, -0.2) is 41.7 Å². The van der Waals surface area contributed by atoms with E-state index in [1.807, 2.05) is 55.5 Å². The molecular weight excluding hydrogens is 376 g/mol. The first kappa shape index (κ1) is 19.9. The Morgan fingerprint density at radius 3 is 2.75 bits per heavy atom. The van der Waals surface area contributed by atoms with Gasteiger partial charge >= 0.3 is 5.97 Å². The van der Waals surface area contributed by atoms with E-state index < -0.39 is 11.9 Å². The van der Waals surface area contributed by atoms with Crippen molar-refractivity contribution >= 4 is 35.2 Å². The number of carboxylic acids is 1. The molecule has 2 aromatic carbocycles. The number of rotatable bonds is 7. The minimum Gasteiger partial charge on any atom is -0.481 e. The average molecular weight is 398 g/mol. The lowest BCUT2D eigenvalue weighted by Crippen LogP contribution is -2.45. The fourth-order valence-electron chi connectivity index (χ4n) is 3.13. The first-order chi connectivity index (χ1) is 13.4. The second-order valence-corrected chi connectivity index (χ2v) is 7.79. The number of nitrogens with one attached hydrogen (secondary N) is 1.